The number of rotatable bonds is 3. The number of ether oxygens (including phenoxy) is 1. The fourth-order valence-corrected chi connectivity index (χ4v) is 2.08. The van der Waals surface area contributed by atoms with Gasteiger partial charge >= 0.3 is 0 Å². The fourth-order valence-electron chi connectivity index (χ4n) is 2.08. The molecule has 0 bridgehead atoms. The van der Waals surface area contributed by atoms with Crippen molar-refractivity contribution in [2.24, 2.45) is 0 Å². The van der Waals surface area contributed by atoms with E-state index in [1.165, 1.54) is 0 Å². The van der Waals surface area contributed by atoms with Gasteiger partial charge < -0.3 is 14.9 Å². The van der Waals surface area contributed by atoms with Crippen molar-refractivity contribution in [2.45, 2.75) is 44.2 Å². The van der Waals surface area contributed by atoms with Crippen LogP contribution in [0, 0.1) is 0 Å². The molecule has 1 fully saturated rings. The number of aliphatic hydroxyl groups excluding tert-OH is 2. The molecule has 3 heteroatoms. The van der Waals surface area contributed by atoms with E-state index in [1.54, 1.807) is 0 Å². The van der Waals surface area contributed by atoms with E-state index in [9.17, 15) is 10.2 Å². The minimum atomic E-state index is -0.738. The van der Waals surface area contributed by atoms with E-state index in [-0.39, 0.29) is 6.10 Å². The Morgan fingerprint density at radius 1 is 1.12 bits per heavy atom. The van der Waals surface area contributed by atoms with Gasteiger partial charge in [0.1, 0.15) is 6.10 Å². The lowest BCUT2D eigenvalue weighted by Gasteiger charge is -2.31. The van der Waals surface area contributed by atoms with Crippen LogP contribution in [0.15, 0.2) is 30.3 Å². The Kier molecular flexibility index (Phi) is 3.93. The highest BCUT2D eigenvalue weighted by molar-refractivity contribution is 5.13. The lowest BCUT2D eigenvalue weighted by Crippen LogP contribution is -2.42. The monoisotopic (exact) mass is 222 g/mol. The zero-order valence-electron chi connectivity index (χ0n) is 9.25. The molecule has 1 saturated carbocycles. The van der Waals surface area contributed by atoms with Gasteiger partial charge in [-0.15, -0.1) is 0 Å². The van der Waals surface area contributed by atoms with Crippen LogP contribution in [0.1, 0.15) is 24.8 Å². The third kappa shape index (κ3) is 2.82. The average molecular weight is 222 g/mol. The molecule has 0 saturated heterocycles. The molecule has 0 amide bonds. The summed E-state index contributed by atoms with van der Waals surface area (Å²) in [4.78, 5) is 0. The second kappa shape index (κ2) is 5.43. The van der Waals surface area contributed by atoms with Gasteiger partial charge in [0.25, 0.3) is 0 Å². The predicted molar refractivity (Wildman–Crippen MR) is 60.9 cm³/mol. The third-order valence-corrected chi connectivity index (χ3v) is 3.07. The van der Waals surface area contributed by atoms with Crippen LogP contribution in [0.5, 0.6) is 0 Å². The van der Waals surface area contributed by atoms with Crippen molar-refractivity contribution in [1.29, 1.82) is 0 Å². The predicted octanol–water partition coefficient (Wildman–Crippen LogP) is 1.48. The van der Waals surface area contributed by atoms with Crippen LogP contribution in [0.25, 0.3) is 0 Å². The van der Waals surface area contributed by atoms with Gasteiger partial charge in [0.2, 0.25) is 0 Å². The Morgan fingerprint density at radius 3 is 2.62 bits per heavy atom. The largest absolute Gasteiger partial charge is 0.390 e. The van der Waals surface area contributed by atoms with Crippen LogP contribution in [0.3, 0.4) is 0 Å². The van der Waals surface area contributed by atoms with Crippen LogP contribution in [0.2, 0.25) is 0 Å². The summed E-state index contributed by atoms with van der Waals surface area (Å²) in [5.74, 6) is 0. The lowest BCUT2D eigenvalue weighted by atomic mass is 9.92. The molecule has 3 nitrogen and oxygen atoms in total. The summed E-state index contributed by atoms with van der Waals surface area (Å²) < 4.78 is 5.64. The third-order valence-electron chi connectivity index (χ3n) is 3.07. The molecule has 88 valence electrons. The second-order valence-electron chi connectivity index (χ2n) is 4.32. The van der Waals surface area contributed by atoms with E-state index in [0.29, 0.717) is 13.0 Å². The number of aliphatic hydroxyl groups is 2. The minimum absolute atomic E-state index is 0.232. The molecule has 0 radical (unpaired) electrons. The molecule has 2 N–H and O–H groups in total. The van der Waals surface area contributed by atoms with Crippen molar-refractivity contribution in [3.8, 4) is 0 Å². The number of hydrogen-bond donors (Lipinski definition) is 2. The van der Waals surface area contributed by atoms with E-state index in [0.717, 1.165) is 18.4 Å². The molecule has 1 aromatic rings. The highest BCUT2D eigenvalue weighted by atomic mass is 16.5. The molecule has 1 aromatic carbocycles. The summed E-state index contributed by atoms with van der Waals surface area (Å²) in [7, 11) is 0. The van der Waals surface area contributed by atoms with Gasteiger partial charge in [-0.3, -0.25) is 0 Å². The first-order valence-electron chi connectivity index (χ1n) is 5.79. The molecule has 0 aliphatic heterocycles. The summed E-state index contributed by atoms with van der Waals surface area (Å²) in [5.41, 5.74) is 1.09. The highest BCUT2D eigenvalue weighted by Crippen LogP contribution is 2.22. The molecule has 1 aliphatic rings. The average Bonchev–Trinajstić information content (AvgIpc) is 2.32. The van der Waals surface area contributed by atoms with E-state index in [1.807, 2.05) is 30.3 Å². The SMILES string of the molecule is O[C@@H]1[C@H](O)CCC[C@H]1OCc1ccccc1. The summed E-state index contributed by atoms with van der Waals surface area (Å²) in [6.45, 7) is 0.495. The van der Waals surface area contributed by atoms with E-state index < -0.39 is 12.2 Å². The fraction of sp³-hybridized carbons (Fsp3) is 0.538. The maximum absolute atomic E-state index is 9.74. The van der Waals surface area contributed by atoms with Crippen molar-refractivity contribution in [1.82, 2.24) is 0 Å². The van der Waals surface area contributed by atoms with Gasteiger partial charge in [-0.05, 0) is 24.8 Å². The molecule has 0 aromatic heterocycles. The first kappa shape index (κ1) is 11.6. The molecule has 0 heterocycles. The Bertz CT molecular complexity index is 312. The Labute approximate surface area is 95.7 Å². The Morgan fingerprint density at radius 2 is 1.88 bits per heavy atom. The highest BCUT2D eigenvalue weighted by Gasteiger charge is 2.30. The Balaban J connectivity index is 1.85. The molecule has 2 rings (SSSR count). The maximum atomic E-state index is 9.74. The molecule has 0 spiro atoms. The first-order valence-corrected chi connectivity index (χ1v) is 5.79. The number of benzene rings is 1. The molecular weight excluding hydrogens is 204 g/mol. The van der Waals surface area contributed by atoms with Gasteiger partial charge in [-0.1, -0.05) is 30.3 Å². The van der Waals surface area contributed by atoms with Crippen molar-refractivity contribution in [2.75, 3.05) is 0 Å². The topological polar surface area (TPSA) is 49.7 Å². The van der Waals surface area contributed by atoms with E-state index in [2.05, 4.69) is 0 Å². The maximum Gasteiger partial charge on any atom is 0.106 e. The van der Waals surface area contributed by atoms with Gasteiger partial charge in [0.05, 0.1) is 18.8 Å². The normalized spacial score (nSPS) is 30.2. The van der Waals surface area contributed by atoms with Gasteiger partial charge in [0, 0.05) is 0 Å². The van der Waals surface area contributed by atoms with Gasteiger partial charge in [-0.2, -0.15) is 0 Å². The number of hydrogen-bond acceptors (Lipinski definition) is 3. The summed E-state index contributed by atoms with van der Waals surface area (Å²) in [5, 5.41) is 19.3. The zero-order valence-corrected chi connectivity index (χ0v) is 9.25. The van der Waals surface area contributed by atoms with Crippen molar-refractivity contribution in [3.05, 3.63) is 35.9 Å². The zero-order chi connectivity index (χ0) is 11.4. The summed E-state index contributed by atoms with van der Waals surface area (Å²) >= 11 is 0. The van der Waals surface area contributed by atoms with Gasteiger partial charge in [-0.25, -0.2) is 0 Å². The second-order valence-corrected chi connectivity index (χ2v) is 4.32. The molecule has 16 heavy (non-hydrogen) atoms. The van der Waals surface area contributed by atoms with E-state index in [4.69, 9.17) is 4.74 Å². The standard InChI is InChI=1S/C13H18O3/c14-11-7-4-8-12(13(11)15)16-9-10-5-2-1-3-6-10/h1-3,5-6,11-15H,4,7-9H2/t11-,12-,13-/m1/s1. The molecule has 3 atom stereocenters. The van der Waals surface area contributed by atoms with Gasteiger partial charge in [0.15, 0.2) is 0 Å². The summed E-state index contributed by atoms with van der Waals surface area (Å²) in [6.07, 6.45) is 0.811. The molecule has 1 aliphatic carbocycles. The molecule has 0 unspecified atom stereocenters. The van der Waals surface area contributed by atoms with Crippen LogP contribution in [-0.2, 0) is 11.3 Å². The Hall–Kier alpha value is -0.900. The van der Waals surface area contributed by atoms with Crippen LogP contribution >= 0.6 is 0 Å². The van der Waals surface area contributed by atoms with Crippen molar-refractivity contribution >= 4 is 0 Å². The minimum Gasteiger partial charge on any atom is -0.390 e. The van der Waals surface area contributed by atoms with Crippen LogP contribution in [0.4, 0.5) is 0 Å². The van der Waals surface area contributed by atoms with E-state index >= 15 is 0 Å². The summed E-state index contributed by atoms with van der Waals surface area (Å²) in [6, 6.07) is 9.87. The van der Waals surface area contributed by atoms with Crippen molar-refractivity contribution in [3.63, 3.8) is 0 Å². The van der Waals surface area contributed by atoms with Crippen LogP contribution in [-0.4, -0.2) is 28.5 Å². The van der Waals surface area contributed by atoms with Crippen molar-refractivity contribution < 1.29 is 14.9 Å². The lowest BCUT2D eigenvalue weighted by molar-refractivity contribution is -0.118. The quantitative estimate of drug-likeness (QED) is 0.814. The molecular formula is C13H18O3. The smallest absolute Gasteiger partial charge is 0.106 e. The van der Waals surface area contributed by atoms with Crippen LogP contribution < -0.4 is 0 Å². The first-order chi connectivity index (χ1) is 7.77.